The molecular formula is C16H21N3. The van der Waals surface area contributed by atoms with Crippen LogP contribution >= 0.6 is 0 Å². The number of pyridine rings is 1. The molecule has 0 fully saturated rings. The Morgan fingerprint density at radius 3 is 2.63 bits per heavy atom. The molecule has 1 heterocycles. The van der Waals surface area contributed by atoms with Crippen LogP contribution in [0, 0.1) is 13.8 Å². The molecule has 19 heavy (non-hydrogen) atoms. The van der Waals surface area contributed by atoms with Crippen molar-refractivity contribution >= 4 is 11.4 Å². The monoisotopic (exact) mass is 255 g/mol. The maximum atomic E-state index is 4.35. The van der Waals surface area contributed by atoms with E-state index in [2.05, 4.69) is 60.4 Å². The van der Waals surface area contributed by atoms with E-state index in [0.29, 0.717) is 0 Å². The highest BCUT2D eigenvalue weighted by molar-refractivity contribution is 5.65. The molecule has 0 atom stereocenters. The van der Waals surface area contributed by atoms with Gasteiger partial charge in [0.1, 0.15) is 0 Å². The first-order chi connectivity index (χ1) is 9.11. The fourth-order valence-corrected chi connectivity index (χ4v) is 2.27. The highest BCUT2D eigenvalue weighted by atomic mass is 15.1. The summed E-state index contributed by atoms with van der Waals surface area (Å²) in [6, 6.07) is 10.7. The fourth-order valence-electron chi connectivity index (χ4n) is 2.27. The molecule has 0 saturated heterocycles. The smallest absolute Gasteiger partial charge is 0.0562 e. The van der Waals surface area contributed by atoms with E-state index >= 15 is 0 Å². The molecule has 2 aromatic rings. The SMILES string of the molecule is CNCc1cc(N(C)c2ccc(C)cc2C)ccn1. The van der Waals surface area contributed by atoms with Crippen LogP contribution in [0.4, 0.5) is 11.4 Å². The largest absolute Gasteiger partial charge is 0.344 e. The molecule has 0 radical (unpaired) electrons. The van der Waals surface area contributed by atoms with Crippen molar-refractivity contribution in [3.8, 4) is 0 Å². The minimum atomic E-state index is 0.786. The van der Waals surface area contributed by atoms with E-state index in [1.807, 2.05) is 19.3 Å². The molecule has 0 saturated carbocycles. The van der Waals surface area contributed by atoms with Gasteiger partial charge in [-0.3, -0.25) is 4.98 Å². The van der Waals surface area contributed by atoms with Crippen LogP contribution in [0.15, 0.2) is 36.5 Å². The highest BCUT2D eigenvalue weighted by Gasteiger charge is 2.07. The van der Waals surface area contributed by atoms with Crippen LogP contribution in [0.3, 0.4) is 0 Å². The van der Waals surface area contributed by atoms with Crippen LogP contribution in [0.1, 0.15) is 16.8 Å². The average Bonchev–Trinajstić information content (AvgIpc) is 2.39. The van der Waals surface area contributed by atoms with Crippen LogP contribution in [0.2, 0.25) is 0 Å². The Bertz CT molecular complexity index is 564. The van der Waals surface area contributed by atoms with Crippen LogP contribution in [-0.2, 0) is 6.54 Å². The van der Waals surface area contributed by atoms with E-state index in [1.165, 1.54) is 16.8 Å². The van der Waals surface area contributed by atoms with E-state index in [-0.39, 0.29) is 0 Å². The lowest BCUT2D eigenvalue weighted by Gasteiger charge is -2.22. The molecule has 0 bridgehead atoms. The van der Waals surface area contributed by atoms with Gasteiger partial charge >= 0.3 is 0 Å². The molecule has 100 valence electrons. The number of hydrogen-bond acceptors (Lipinski definition) is 3. The summed E-state index contributed by atoms with van der Waals surface area (Å²) in [6.45, 7) is 5.05. The third-order valence-corrected chi connectivity index (χ3v) is 3.26. The van der Waals surface area contributed by atoms with Gasteiger partial charge in [-0.2, -0.15) is 0 Å². The highest BCUT2D eigenvalue weighted by Crippen LogP contribution is 2.27. The van der Waals surface area contributed by atoms with Crippen molar-refractivity contribution in [3.63, 3.8) is 0 Å². The van der Waals surface area contributed by atoms with Crippen LogP contribution in [0.25, 0.3) is 0 Å². The number of rotatable bonds is 4. The molecule has 0 aliphatic rings. The number of anilines is 2. The Morgan fingerprint density at radius 1 is 1.16 bits per heavy atom. The molecule has 1 aromatic heterocycles. The number of benzene rings is 1. The Hall–Kier alpha value is -1.87. The topological polar surface area (TPSA) is 28.2 Å². The second-order valence-electron chi connectivity index (χ2n) is 4.88. The summed E-state index contributed by atoms with van der Waals surface area (Å²) < 4.78 is 0. The summed E-state index contributed by atoms with van der Waals surface area (Å²) in [5, 5.41) is 3.13. The number of aromatic nitrogens is 1. The Balaban J connectivity index is 2.32. The average molecular weight is 255 g/mol. The molecule has 3 nitrogen and oxygen atoms in total. The first kappa shape index (κ1) is 13.6. The number of aryl methyl sites for hydroxylation is 2. The van der Waals surface area contributed by atoms with Gasteiger partial charge in [0.05, 0.1) is 5.69 Å². The Kier molecular flexibility index (Phi) is 4.17. The lowest BCUT2D eigenvalue weighted by molar-refractivity contribution is 0.791. The molecule has 0 aliphatic heterocycles. The van der Waals surface area contributed by atoms with E-state index in [9.17, 15) is 0 Å². The predicted molar refractivity (Wildman–Crippen MR) is 81.0 cm³/mol. The molecule has 0 unspecified atom stereocenters. The lowest BCUT2D eigenvalue weighted by atomic mass is 10.1. The van der Waals surface area contributed by atoms with Crippen LogP contribution in [0.5, 0.6) is 0 Å². The molecule has 0 spiro atoms. The predicted octanol–water partition coefficient (Wildman–Crippen LogP) is 3.19. The van der Waals surface area contributed by atoms with Gasteiger partial charge in [-0.1, -0.05) is 17.7 Å². The van der Waals surface area contributed by atoms with Crippen molar-refractivity contribution in [2.45, 2.75) is 20.4 Å². The first-order valence-electron chi connectivity index (χ1n) is 6.52. The standard InChI is InChI=1S/C16H21N3/c1-12-5-6-16(13(2)9-12)19(4)15-7-8-18-14(10-15)11-17-3/h5-10,17H,11H2,1-4H3. The maximum Gasteiger partial charge on any atom is 0.0562 e. The van der Waals surface area contributed by atoms with E-state index in [1.54, 1.807) is 0 Å². The van der Waals surface area contributed by atoms with Crippen molar-refractivity contribution in [3.05, 3.63) is 53.3 Å². The van der Waals surface area contributed by atoms with E-state index < -0.39 is 0 Å². The molecule has 3 heteroatoms. The Morgan fingerprint density at radius 2 is 1.95 bits per heavy atom. The second kappa shape index (κ2) is 5.85. The molecule has 1 N–H and O–H groups in total. The zero-order chi connectivity index (χ0) is 13.8. The van der Waals surface area contributed by atoms with E-state index in [4.69, 9.17) is 0 Å². The van der Waals surface area contributed by atoms with Gasteiger partial charge in [0.15, 0.2) is 0 Å². The molecule has 0 aliphatic carbocycles. The summed E-state index contributed by atoms with van der Waals surface area (Å²) in [5.74, 6) is 0. The number of nitrogens with one attached hydrogen (secondary N) is 1. The number of hydrogen-bond donors (Lipinski definition) is 1. The molecule has 0 amide bonds. The van der Waals surface area contributed by atoms with Gasteiger partial charge in [0.25, 0.3) is 0 Å². The van der Waals surface area contributed by atoms with Crippen molar-refractivity contribution in [2.24, 2.45) is 0 Å². The summed E-state index contributed by atoms with van der Waals surface area (Å²) >= 11 is 0. The van der Waals surface area contributed by atoms with Crippen LogP contribution < -0.4 is 10.2 Å². The Labute approximate surface area is 115 Å². The van der Waals surface area contributed by atoms with Gasteiger partial charge in [0.2, 0.25) is 0 Å². The zero-order valence-electron chi connectivity index (χ0n) is 12.1. The zero-order valence-corrected chi connectivity index (χ0v) is 12.1. The maximum absolute atomic E-state index is 4.35. The summed E-state index contributed by atoms with van der Waals surface area (Å²) in [7, 11) is 4.03. The molecule has 1 aromatic carbocycles. The molecule has 2 rings (SSSR count). The van der Waals surface area contributed by atoms with Crippen molar-refractivity contribution < 1.29 is 0 Å². The lowest BCUT2D eigenvalue weighted by Crippen LogP contribution is -2.13. The molecular weight excluding hydrogens is 234 g/mol. The van der Waals surface area contributed by atoms with Gasteiger partial charge in [-0.25, -0.2) is 0 Å². The van der Waals surface area contributed by atoms with Gasteiger partial charge < -0.3 is 10.2 Å². The summed E-state index contributed by atoms with van der Waals surface area (Å²) in [5.41, 5.74) is 6.02. The van der Waals surface area contributed by atoms with Gasteiger partial charge in [-0.15, -0.1) is 0 Å². The normalized spacial score (nSPS) is 10.5. The van der Waals surface area contributed by atoms with Gasteiger partial charge in [0, 0.05) is 31.2 Å². The minimum Gasteiger partial charge on any atom is -0.344 e. The van der Waals surface area contributed by atoms with Crippen LogP contribution in [-0.4, -0.2) is 19.1 Å². The summed E-state index contributed by atoms with van der Waals surface area (Å²) in [6.07, 6.45) is 1.86. The number of nitrogens with zero attached hydrogens (tertiary/aromatic N) is 2. The fraction of sp³-hybridized carbons (Fsp3) is 0.312. The van der Waals surface area contributed by atoms with Crippen molar-refractivity contribution in [2.75, 3.05) is 19.0 Å². The second-order valence-corrected chi connectivity index (χ2v) is 4.88. The van der Waals surface area contributed by atoms with Crippen molar-refractivity contribution in [1.82, 2.24) is 10.3 Å². The van der Waals surface area contributed by atoms with Crippen molar-refractivity contribution in [1.29, 1.82) is 0 Å². The summed E-state index contributed by atoms with van der Waals surface area (Å²) in [4.78, 5) is 6.56. The first-order valence-corrected chi connectivity index (χ1v) is 6.52. The minimum absolute atomic E-state index is 0.786. The third-order valence-electron chi connectivity index (χ3n) is 3.26. The third kappa shape index (κ3) is 3.12. The van der Waals surface area contributed by atoms with Gasteiger partial charge in [-0.05, 0) is 44.7 Å². The van der Waals surface area contributed by atoms with E-state index in [0.717, 1.165) is 17.9 Å². The quantitative estimate of drug-likeness (QED) is 0.909.